The molecule has 2 rings (SSSR count). The van der Waals surface area contributed by atoms with Crippen LogP contribution in [0.1, 0.15) is 299 Å². The van der Waals surface area contributed by atoms with Gasteiger partial charge < -0.3 is 37.9 Å². The summed E-state index contributed by atoms with van der Waals surface area (Å²) in [7, 11) is 2.90. The summed E-state index contributed by atoms with van der Waals surface area (Å²) < 4.78 is 44.8. The quantitative estimate of drug-likeness (QED) is 0.0198. The van der Waals surface area contributed by atoms with E-state index < -0.39 is 30.3 Å². The van der Waals surface area contributed by atoms with Gasteiger partial charge in [0.1, 0.15) is 36.9 Å². The first kappa shape index (κ1) is 71.5. The van der Waals surface area contributed by atoms with E-state index in [9.17, 15) is 28.8 Å². The number of hydrogen-bond donors (Lipinski definition) is 0. The highest BCUT2D eigenvalue weighted by Gasteiger charge is 2.34. The first-order valence-corrected chi connectivity index (χ1v) is 31.7. The number of allylic oxidation sites excluding steroid dienone is 2. The van der Waals surface area contributed by atoms with Crippen LogP contribution in [0.5, 0.6) is 11.5 Å². The highest BCUT2D eigenvalue weighted by atomic mass is 16.7. The number of carbonyl (C=O) groups is 6. The molecule has 1 aliphatic rings. The van der Waals surface area contributed by atoms with Crippen molar-refractivity contribution in [1.29, 1.82) is 0 Å². The maximum Gasteiger partial charge on any atom is 0.342 e. The summed E-state index contributed by atoms with van der Waals surface area (Å²) in [6.45, 7) is 11.6. The maximum absolute atomic E-state index is 13.2. The predicted molar refractivity (Wildman–Crippen MR) is 316 cm³/mol. The van der Waals surface area contributed by atoms with Gasteiger partial charge in [0.05, 0.1) is 14.2 Å². The molecule has 0 radical (unpaired) electrons. The van der Waals surface area contributed by atoms with Gasteiger partial charge >= 0.3 is 35.8 Å². The molecule has 1 aromatic carbocycles. The molecule has 0 aliphatic carbocycles. The number of hydrogen-bond acceptors (Lipinski definition) is 14. The number of methoxy groups -OCH3 is 2. The van der Waals surface area contributed by atoms with Gasteiger partial charge in [-0.2, -0.15) is 0 Å². The van der Waals surface area contributed by atoms with Crippen molar-refractivity contribution < 1.29 is 66.7 Å². The van der Waals surface area contributed by atoms with E-state index in [2.05, 4.69) is 13.8 Å². The van der Waals surface area contributed by atoms with E-state index in [1.54, 1.807) is 14.0 Å². The maximum atomic E-state index is 13.2. The van der Waals surface area contributed by atoms with Gasteiger partial charge in [0.25, 0.3) is 0 Å². The van der Waals surface area contributed by atoms with Crippen LogP contribution in [0.25, 0.3) is 0 Å². The molecule has 1 heterocycles. The summed E-state index contributed by atoms with van der Waals surface area (Å²) in [6.07, 6.45) is 37.6. The standard InChI is InChI=1S/C66H110O14/c1-9-11-13-15-17-19-21-23-25-27-29-31-36-40-59(68)75-48-55(49-76-60(69)41-37-32-30-28-26-24-22-20-18-16-14-12-10-2)80-62(71)47-52(4)39-35-33-34-38-42-61(70)78-54(6)79-65-56(45-43-51(3)44-46-58(67)73-7)64(74-8)53(5)57-50-77-66(72)63(57)65/h43,52,54-55H,9-42,44-50H2,1-8H3/b51-43+. The largest absolute Gasteiger partial charge is 0.496 e. The van der Waals surface area contributed by atoms with Crippen molar-refractivity contribution in [2.24, 2.45) is 5.92 Å². The van der Waals surface area contributed by atoms with Crippen LogP contribution in [0.15, 0.2) is 11.6 Å². The minimum absolute atomic E-state index is 0.0191. The van der Waals surface area contributed by atoms with Gasteiger partial charge in [-0.05, 0) is 57.4 Å². The lowest BCUT2D eigenvalue weighted by Gasteiger charge is -2.22. The summed E-state index contributed by atoms with van der Waals surface area (Å²) in [5.74, 6) is -1.56. The van der Waals surface area contributed by atoms with Gasteiger partial charge in [0.15, 0.2) is 6.10 Å². The minimum Gasteiger partial charge on any atom is -0.496 e. The van der Waals surface area contributed by atoms with E-state index >= 15 is 0 Å². The van der Waals surface area contributed by atoms with Crippen molar-refractivity contribution in [3.05, 3.63) is 33.9 Å². The molecular formula is C66H110O14. The predicted octanol–water partition coefficient (Wildman–Crippen LogP) is 16.7. The Bertz CT molecular complexity index is 1880. The topological polar surface area (TPSA) is 176 Å². The van der Waals surface area contributed by atoms with Crippen LogP contribution in [0, 0.1) is 12.8 Å². The number of cyclic esters (lactones) is 1. The number of rotatable bonds is 51. The molecule has 2 unspecified atom stereocenters. The van der Waals surface area contributed by atoms with Crippen molar-refractivity contribution in [3.63, 3.8) is 0 Å². The molecule has 0 bridgehead atoms. The van der Waals surface area contributed by atoms with E-state index in [-0.39, 0.29) is 74.2 Å². The lowest BCUT2D eigenvalue weighted by molar-refractivity contribution is -0.167. The number of carbonyl (C=O) groups excluding carboxylic acids is 6. The smallest absolute Gasteiger partial charge is 0.342 e. The number of esters is 6. The summed E-state index contributed by atoms with van der Waals surface area (Å²) in [5, 5.41) is 0. The third-order valence-electron chi connectivity index (χ3n) is 15.3. The van der Waals surface area contributed by atoms with Gasteiger partial charge in [-0.15, -0.1) is 0 Å². The molecule has 1 aromatic rings. The van der Waals surface area contributed by atoms with E-state index in [1.807, 2.05) is 26.8 Å². The fourth-order valence-corrected chi connectivity index (χ4v) is 10.3. The Morgan fingerprint density at radius 3 is 1.45 bits per heavy atom. The summed E-state index contributed by atoms with van der Waals surface area (Å²) in [6, 6.07) is 0. The molecule has 80 heavy (non-hydrogen) atoms. The van der Waals surface area contributed by atoms with Gasteiger partial charge in [-0.3, -0.25) is 24.0 Å². The highest BCUT2D eigenvalue weighted by molar-refractivity contribution is 5.98. The fourth-order valence-electron chi connectivity index (χ4n) is 10.3. The Balaban J connectivity index is 1.80. The van der Waals surface area contributed by atoms with Crippen molar-refractivity contribution >= 4 is 35.8 Å². The number of ether oxygens (including phenoxy) is 8. The molecule has 1 aliphatic heterocycles. The van der Waals surface area contributed by atoms with Crippen LogP contribution in [0.2, 0.25) is 0 Å². The number of fused-ring (bicyclic) bond motifs is 1. The van der Waals surface area contributed by atoms with E-state index in [1.165, 1.54) is 136 Å². The molecule has 0 saturated carbocycles. The van der Waals surface area contributed by atoms with Crippen LogP contribution < -0.4 is 9.47 Å². The van der Waals surface area contributed by atoms with E-state index in [4.69, 9.17) is 37.9 Å². The fraction of sp³-hybridized carbons (Fsp3) is 0.788. The van der Waals surface area contributed by atoms with Crippen molar-refractivity contribution in [3.8, 4) is 11.5 Å². The first-order valence-electron chi connectivity index (χ1n) is 31.7. The molecule has 14 nitrogen and oxygen atoms in total. The van der Waals surface area contributed by atoms with Crippen molar-refractivity contribution in [2.45, 2.75) is 305 Å². The average Bonchev–Trinajstić information content (AvgIpc) is 3.83. The van der Waals surface area contributed by atoms with Gasteiger partial charge in [-0.25, -0.2) is 4.79 Å². The Labute approximate surface area is 484 Å². The van der Waals surface area contributed by atoms with Crippen LogP contribution >= 0.6 is 0 Å². The number of benzene rings is 1. The molecule has 0 spiro atoms. The first-order chi connectivity index (χ1) is 38.7. The van der Waals surface area contributed by atoms with Crippen molar-refractivity contribution in [1.82, 2.24) is 0 Å². The normalized spacial score (nSPS) is 12.9. The Hall–Kier alpha value is -4.62. The Morgan fingerprint density at radius 2 is 0.988 bits per heavy atom. The minimum atomic E-state index is -1.02. The molecule has 0 N–H and O–H groups in total. The second-order valence-corrected chi connectivity index (χ2v) is 22.6. The third-order valence-corrected chi connectivity index (χ3v) is 15.3. The zero-order chi connectivity index (χ0) is 58.6. The monoisotopic (exact) mass is 1130 g/mol. The van der Waals surface area contributed by atoms with Gasteiger partial charge in [0.2, 0.25) is 6.29 Å². The van der Waals surface area contributed by atoms with Crippen LogP contribution in [0.3, 0.4) is 0 Å². The summed E-state index contributed by atoms with van der Waals surface area (Å²) >= 11 is 0. The van der Waals surface area contributed by atoms with E-state index in [0.29, 0.717) is 49.0 Å². The molecule has 2 atom stereocenters. The van der Waals surface area contributed by atoms with Gasteiger partial charge in [0, 0.05) is 50.2 Å². The van der Waals surface area contributed by atoms with Crippen LogP contribution in [-0.2, 0) is 65.4 Å². The molecule has 14 heteroatoms. The lowest BCUT2D eigenvalue weighted by atomic mass is 9.94. The Kier molecular flexibility index (Phi) is 41.0. The molecule has 0 amide bonds. The molecule has 0 saturated heterocycles. The third kappa shape index (κ3) is 33.3. The summed E-state index contributed by atoms with van der Waals surface area (Å²) in [4.78, 5) is 76.5. The average molecular weight is 1130 g/mol. The van der Waals surface area contributed by atoms with Crippen molar-refractivity contribution in [2.75, 3.05) is 27.4 Å². The molecular weight excluding hydrogens is 1020 g/mol. The SMILES string of the molecule is CCCCCCCCCCCCCCCC(=O)OCC(COC(=O)CCCCCCCCCCCCCCC)OC(=O)CC(C)CCCCCCC(=O)OC(C)Oc1c(C/C=C(\C)CCC(=O)OC)c(OC)c(C)c2c1C(=O)OC2. The molecule has 458 valence electrons. The second kappa shape index (κ2) is 45.9. The Morgan fingerprint density at radius 1 is 0.537 bits per heavy atom. The number of unbranched alkanes of at least 4 members (excludes halogenated alkanes) is 27. The zero-order valence-corrected chi connectivity index (χ0v) is 51.5. The molecule has 0 fully saturated rings. The summed E-state index contributed by atoms with van der Waals surface area (Å²) in [5.41, 5.74) is 3.26. The lowest BCUT2D eigenvalue weighted by Crippen LogP contribution is -2.31. The van der Waals surface area contributed by atoms with E-state index in [0.717, 1.165) is 75.3 Å². The highest BCUT2D eigenvalue weighted by Crippen LogP contribution is 2.43. The molecule has 0 aromatic heterocycles. The zero-order valence-electron chi connectivity index (χ0n) is 51.5. The van der Waals surface area contributed by atoms with Gasteiger partial charge in [-0.1, -0.05) is 212 Å². The van der Waals surface area contributed by atoms with Crippen LogP contribution in [0.4, 0.5) is 0 Å². The second-order valence-electron chi connectivity index (χ2n) is 22.6. The van der Waals surface area contributed by atoms with Crippen LogP contribution in [-0.4, -0.2) is 75.6 Å².